The van der Waals surface area contributed by atoms with E-state index >= 15 is 0 Å². The first-order valence-electron chi connectivity index (χ1n) is 22.7. The SMILES string of the molecule is CCCCCCCCCCCCOCC(COCCCCCCCCCCCC)(COCC[N+](C)(C)CC(=O)OCC)COCC[N+](C)(C)CC(=O)OCC. The van der Waals surface area contributed by atoms with Crippen LogP contribution in [0.2, 0.25) is 0 Å². The Labute approximate surface area is 340 Å². The Hall–Kier alpha value is -1.30. The molecule has 0 aromatic rings. The highest BCUT2D eigenvalue weighted by Gasteiger charge is 2.34. The van der Waals surface area contributed by atoms with Gasteiger partial charge in [-0.2, -0.15) is 0 Å². The molecule has 0 aliphatic heterocycles. The molecule has 0 amide bonds. The summed E-state index contributed by atoms with van der Waals surface area (Å²) in [5.41, 5.74) is -0.479. The van der Waals surface area contributed by atoms with Gasteiger partial charge in [-0.05, 0) is 26.7 Å². The van der Waals surface area contributed by atoms with Crippen LogP contribution in [-0.2, 0) is 38.0 Å². The molecule has 10 nitrogen and oxygen atoms in total. The lowest BCUT2D eigenvalue weighted by molar-refractivity contribution is -0.883. The quantitative estimate of drug-likeness (QED) is 0.0344. The topological polar surface area (TPSA) is 89.5 Å². The lowest BCUT2D eigenvalue weighted by Crippen LogP contribution is -2.48. The summed E-state index contributed by atoms with van der Waals surface area (Å²) in [6, 6.07) is 0. The van der Waals surface area contributed by atoms with Gasteiger partial charge in [0.1, 0.15) is 13.1 Å². The largest absolute Gasteiger partial charge is 0.462 e. The summed E-state index contributed by atoms with van der Waals surface area (Å²) >= 11 is 0. The summed E-state index contributed by atoms with van der Waals surface area (Å²) in [5.74, 6) is -0.388. The second-order valence-corrected chi connectivity index (χ2v) is 17.3. The molecular weight excluding hydrogens is 697 g/mol. The van der Waals surface area contributed by atoms with E-state index in [1.54, 1.807) is 0 Å². The molecule has 0 aliphatic rings. The van der Waals surface area contributed by atoms with Crippen LogP contribution in [0.15, 0.2) is 0 Å². The summed E-state index contributed by atoms with van der Waals surface area (Å²) in [4.78, 5) is 24.4. The highest BCUT2D eigenvalue weighted by molar-refractivity contribution is 5.70. The minimum atomic E-state index is -0.479. The molecule has 0 aromatic carbocycles. The second-order valence-electron chi connectivity index (χ2n) is 17.3. The van der Waals surface area contributed by atoms with Crippen molar-refractivity contribution in [1.29, 1.82) is 0 Å². The maximum atomic E-state index is 12.2. The smallest absolute Gasteiger partial charge is 0.361 e. The predicted molar refractivity (Wildman–Crippen MR) is 226 cm³/mol. The fourth-order valence-corrected chi connectivity index (χ4v) is 6.68. The number of carbonyl (C=O) groups is 2. The number of esters is 2. The third-order valence-electron chi connectivity index (χ3n) is 10.3. The summed E-state index contributed by atoms with van der Waals surface area (Å²) in [6.07, 6.45) is 25.8. The van der Waals surface area contributed by atoms with Crippen LogP contribution in [0.5, 0.6) is 0 Å². The first kappa shape index (κ1) is 53.7. The minimum absolute atomic E-state index is 0.194. The van der Waals surface area contributed by atoms with Gasteiger partial charge < -0.3 is 37.4 Å². The molecule has 0 saturated heterocycles. The summed E-state index contributed by atoms with van der Waals surface area (Å²) in [7, 11) is 8.10. The number of hydrogen-bond donors (Lipinski definition) is 0. The van der Waals surface area contributed by atoms with E-state index in [9.17, 15) is 9.59 Å². The van der Waals surface area contributed by atoms with Crippen molar-refractivity contribution in [2.24, 2.45) is 5.41 Å². The van der Waals surface area contributed by atoms with E-state index in [-0.39, 0.29) is 11.9 Å². The number of hydrogen-bond acceptors (Lipinski definition) is 8. The fourth-order valence-electron chi connectivity index (χ4n) is 6.68. The van der Waals surface area contributed by atoms with Crippen molar-refractivity contribution >= 4 is 11.9 Å². The number of nitrogens with zero attached hydrogens (tertiary/aromatic N) is 2. The number of unbranched alkanes of at least 4 members (excludes halogenated alkanes) is 18. The molecule has 0 unspecified atom stereocenters. The molecule has 0 aromatic heterocycles. The molecule has 10 heteroatoms. The maximum absolute atomic E-state index is 12.2. The molecule has 0 radical (unpaired) electrons. The maximum Gasteiger partial charge on any atom is 0.361 e. The van der Waals surface area contributed by atoms with Gasteiger partial charge in [0.2, 0.25) is 0 Å². The molecular formula is C45H92N2O8+2. The standard InChI is InChI=1S/C45H92N2O8/c1-9-13-15-17-19-21-23-25-27-29-33-50-39-45(41-52-35-31-46(5,6)37-43(48)54-11-3,42-53-36-32-47(7,8)38-44(49)55-12-4)40-51-34-30-28-26-24-22-20-18-16-14-10-2/h9-42H2,1-8H3/q+2. The third-order valence-corrected chi connectivity index (χ3v) is 10.3. The summed E-state index contributed by atoms with van der Waals surface area (Å²) in [6.45, 7) is 15.2. The monoisotopic (exact) mass is 789 g/mol. The normalized spacial score (nSPS) is 12.4. The number of ether oxygens (including phenoxy) is 6. The van der Waals surface area contributed by atoms with E-state index in [1.165, 1.54) is 116 Å². The lowest BCUT2D eigenvalue weighted by Gasteiger charge is -2.35. The molecule has 0 spiro atoms. The third kappa shape index (κ3) is 34.5. The van der Waals surface area contributed by atoms with Crippen LogP contribution in [0.25, 0.3) is 0 Å². The molecule has 0 fully saturated rings. The van der Waals surface area contributed by atoms with Crippen LogP contribution in [0, 0.1) is 5.41 Å². The fraction of sp³-hybridized carbons (Fsp3) is 0.956. The zero-order valence-electron chi connectivity index (χ0n) is 37.7. The van der Waals surface area contributed by atoms with Gasteiger partial charge in [-0.1, -0.05) is 129 Å². The molecule has 328 valence electrons. The van der Waals surface area contributed by atoms with Crippen LogP contribution in [-0.4, -0.2) is 141 Å². The lowest BCUT2D eigenvalue weighted by atomic mass is 9.92. The first-order chi connectivity index (χ1) is 26.4. The zero-order valence-corrected chi connectivity index (χ0v) is 37.7. The second kappa shape index (κ2) is 35.8. The number of likely N-dealkylation sites (N-methyl/N-ethyl adjacent to an activating group) is 2. The summed E-state index contributed by atoms with van der Waals surface area (Å²) < 4.78 is 37.0. The van der Waals surface area contributed by atoms with E-state index in [2.05, 4.69) is 13.8 Å². The molecule has 0 aliphatic carbocycles. The molecule has 0 bridgehead atoms. The van der Waals surface area contributed by atoms with Gasteiger partial charge in [0.15, 0.2) is 13.1 Å². The minimum Gasteiger partial charge on any atom is -0.462 e. The van der Waals surface area contributed by atoms with Crippen molar-refractivity contribution in [2.45, 2.75) is 156 Å². The van der Waals surface area contributed by atoms with Crippen molar-refractivity contribution in [2.75, 3.05) is 120 Å². The van der Waals surface area contributed by atoms with E-state index < -0.39 is 5.41 Å². The van der Waals surface area contributed by atoms with E-state index in [4.69, 9.17) is 28.4 Å². The molecule has 0 saturated carbocycles. The van der Waals surface area contributed by atoms with Gasteiger partial charge in [0.05, 0.1) is 86.5 Å². The number of quaternary nitrogens is 2. The Kier molecular flexibility index (Phi) is 35.0. The highest BCUT2D eigenvalue weighted by Crippen LogP contribution is 2.22. The van der Waals surface area contributed by atoms with Crippen LogP contribution in [0.1, 0.15) is 156 Å². The first-order valence-corrected chi connectivity index (χ1v) is 22.7. The van der Waals surface area contributed by atoms with Crippen LogP contribution < -0.4 is 0 Å². The van der Waals surface area contributed by atoms with Crippen molar-refractivity contribution in [1.82, 2.24) is 0 Å². The molecule has 0 N–H and O–H groups in total. The molecule has 55 heavy (non-hydrogen) atoms. The zero-order chi connectivity index (χ0) is 40.9. The number of carbonyl (C=O) groups excluding carboxylic acids is 2. The van der Waals surface area contributed by atoms with Crippen LogP contribution in [0.4, 0.5) is 0 Å². The van der Waals surface area contributed by atoms with Gasteiger partial charge in [0.25, 0.3) is 0 Å². The van der Waals surface area contributed by atoms with Gasteiger partial charge in [-0.25, -0.2) is 9.59 Å². The van der Waals surface area contributed by atoms with Gasteiger partial charge in [-0.3, -0.25) is 0 Å². The van der Waals surface area contributed by atoms with Gasteiger partial charge >= 0.3 is 11.9 Å². The van der Waals surface area contributed by atoms with Crippen molar-refractivity contribution in [3.05, 3.63) is 0 Å². The summed E-state index contributed by atoms with van der Waals surface area (Å²) in [5, 5.41) is 0. The number of rotatable bonds is 42. The van der Waals surface area contributed by atoms with Crippen molar-refractivity contribution in [3.63, 3.8) is 0 Å². The van der Waals surface area contributed by atoms with E-state index in [0.29, 0.717) is 101 Å². The molecule has 0 atom stereocenters. The van der Waals surface area contributed by atoms with Gasteiger partial charge in [0, 0.05) is 13.2 Å². The van der Waals surface area contributed by atoms with E-state index in [1.807, 2.05) is 42.0 Å². The van der Waals surface area contributed by atoms with Crippen molar-refractivity contribution in [3.8, 4) is 0 Å². The Bertz CT molecular complexity index is 815. The highest BCUT2D eigenvalue weighted by atomic mass is 16.5. The van der Waals surface area contributed by atoms with Crippen LogP contribution >= 0.6 is 0 Å². The average Bonchev–Trinajstić information content (AvgIpc) is 3.12. The van der Waals surface area contributed by atoms with Crippen molar-refractivity contribution < 1.29 is 47.0 Å². The Morgan fingerprint density at radius 3 is 0.964 bits per heavy atom. The Morgan fingerprint density at radius 1 is 0.400 bits per heavy atom. The van der Waals surface area contributed by atoms with Crippen LogP contribution in [0.3, 0.4) is 0 Å². The average molecular weight is 789 g/mol. The molecule has 0 heterocycles. The molecule has 0 rings (SSSR count). The predicted octanol–water partition coefficient (Wildman–Crippen LogP) is 9.16. The van der Waals surface area contributed by atoms with Gasteiger partial charge in [-0.15, -0.1) is 0 Å². The Morgan fingerprint density at radius 2 is 0.673 bits per heavy atom. The Balaban J connectivity index is 5.35. The van der Waals surface area contributed by atoms with E-state index in [0.717, 1.165) is 12.8 Å².